The quantitative estimate of drug-likeness (QED) is 0.864. The lowest BCUT2D eigenvalue weighted by molar-refractivity contribution is -0.132. The molecule has 0 saturated carbocycles. The van der Waals surface area contributed by atoms with Crippen LogP contribution in [0.3, 0.4) is 0 Å². The van der Waals surface area contributed by atoms with Crippen molar-refractivity contribution in [2.75, 3.05) is 6.54 Å². The second-order valence-electron chi connectivity index (χ2n) is 4.98. The van der Waals surface area contributed by atoms with E-state index in [1.54, 1.807) is 11.3 Å². The number of amides is 1. The second kappa shape index (κ2) is 5.75. The number of hydrogen-bond donors (Lipinski definition) is 0. The number of carbonyl (C=O) groups excluding carboxylic acids is 1. The van der Waals surface area contributed by atoms with Gasteiger partial charge < -0.3 is 9.47 Å². The number of nitrogens with zero attached hydrogens (tertiary/aromatic N) is 4. The summed E-state index contributed by atoms with van der Waals surface area (Å²) in [5.74, 6) is 2.14. The van der Waals surface area contributed by atoms with Crippen molar-refractivity contribution in [2.24, 2.45) is 0 Å². The van der Waals surface area contributed by atoms with Gasteiger partial charge in [-0.05, 0) is 28.8 Å². The first-order valence-corrected chi connectivity index (χ1v) is 7.92. The SMILES string of the molecule is CCc1nnc2n1CCN(C(=O)CCc1ccsc1)C2. The fourth-order valence-corrected chi connectivity index (χ4v) is 3.24. The molecule has 0 unspecified atom stereocenters. The minimum atomic E-state index is 0.212. The highest BCUT2D eigenvalue weighted by molar-refractivity contribution is 7.07. The third-order valence-corrected chi connectivity index (χ3v) is 4.44. The Balaban J connectivity index is 1.60. The van der Waals surface area contributed by atoms with Crippen LogP contribution in [0.25, 0.3) is 0 Å². The maximum absolute atomic E-state index is 12.3. The maximum Gasteiger partial charge on any atom is 0.223 e. The van der Waals surface area contributed by atoms with E-state index in [1.165, 1.54) is 5.56 Å². The Hall–Kier alpha value is -1.69. The number of rotatable bonds is 4. The van der Waals surface area contributed by atoms with Crippen molar-refractivity contribution in [1.82, 2.24) is 19.7 Å². The standard InChI is InChI=1S/C14H18N4OS/c1-2-12-15-16-13-9-17(6-7-18(12)13)14(19)4-3-11-5-8-20-10-11/h5,8,10H,2-4,6-7,9H2,1H3. The Morgan fingerprint density at radius 1 is 1.40 bits per heavy atom. The van der Waals surface area contributed by atoms with Crippen LogP contribution in [0.15, 0.2) is 16.8 Å². The number of fused-ring (bicyclic) bond motifs is 1. The highest BCUT2D eigenvalue weighted by Gasteiger charge is 2.23. The summed E-state index contributed by atoms with van der Waals surface area (Å²) in [6.45, 7) is 4.25. The first-order valence-electron chi connectivity index (χ1n) is 6.97. The monoisotopic (exact) mass is 290 g/mol. The van der Waals surface area contributed by atoms with E-state index in [-0.39, 0.29) is 5.91 Å². The van der Waals surface area contributed by atoms with E-state index < -0.39 is 0 Å². The highest BCUT2D eigenvalue weighted by atomic mass is 32.1. The smallest absolute Gasteiger partial charge is 0.223 e. The molecule has 0 bridgehead atoms. The van der Waals surface area contributed by atoms with E-state index in [0.717, 1.165) is 37.6 Å². The molecule has 0 aromatic carbocycles. The van der Waals surface area contributed by atoms with Gasteiger partial charge in [0.15, 0.2) is 5.82 Å². The van der Waals surface area contributed by atoms with Crippen molar-refractivity contribution >= 4 is 17.2 Å². The Morgan fingerprint density at radius 2 is 2.30 bits per heavy atom. The van der Waals surface area contributed by atoms with Crippen LogP contribution in [0, 0.1) is 0 Å². The van der Waals surface area contributed by atoms with Gasteiger partial charge in [0, 0.05) is 25.9 Å². The van der Waals surface area contributed by atoms with E-state index in [2.05, 4.69) is 38.5 Å². The summed E-state index contributed by atoms with van der Waals surface area (Å²) in [7, 11) is 0. The molecule has 0 spiro atoms. The molecule has 106 valence electrons. The largest absolute Gasteiger partial charge is 0.333 e. The Morgan fingerprint density at radius 3 is 3.05 bits per heavy atom. The lowest BCUT2D eigenvalue weighted by Crippen LogP contribution is -2.38. The predicted molar refractivity (Wildman–Crippen MR) is 77.5 cm³/mol. The topological polar surface area (TPSA) is 51.0 Å². The van der Waals surface area contributed by atoms with Gasteiger partial charge in [-0.15, -0.1) is 10.2 Å². The van der Waals surface area contributed by atoms with Crippen molar-refractivity contribution < 1.29 is 4.79 Å². The zero-order valence-corrected chi connectivity index (χ0v) is 12.4. The van der Waals surface area contributed by atoms with Crippen molar-refractivity contribution in [3.8, 4) is 0 Å². The molecule has 1 aliphatic rings. The van der Waals surface area contributed by atoms with Gasteiger partial charge in [0.25, 0.3) is 0 Å². The molecular formula is C14H18N4OS. The summed E-state index contributed by atoms with van der Waals surface area (Å²) in [4.78, 5) is 14.1. The van der Waals surface area contributed by atoms with E-state index >= 15 is 0 Å². The number of aromatic nitrogens is 3. The molecule has 0 N–H and O–H groups in total. The molecule has 0 radical (unpaired) electrons. The van der Waals surface area contributed by atoms with Crippen molar-refractivity contribution in [2.45, 2.75) is 39.3 Å². The molecule has 5 nitrogen and oxygen atoms in total. The second-order valence-corrected chi connectivity index (χ2v) is 5.76. The van der Waals surface area contributed by atoms with E-state index in [0.29, 0.717) is 13.0 Å². The van der Waals surface area contributed by atoms with Crippen LogP contribution in [0.1, 0.15) is 30.6 Å². The van der Waals surface area contributed by atoms with Crippen LogP contribution in [-0.2, 0) is 30.7 Å². The van der Waals surface area contributed by atoms with Crippen molar-refractivity contribution in [3.63, 3.8) is 0 Å². The Kier molecular flexibility index (Phi) is 3.82. The first-order chi connectivity index (χ1) is 9.78. The summed E-state index contributed by atoms with van der Waals surface area (Å²) in [6, 6.07) is 2.08. The van der Waals surface area contributed by atoms with Gasteiger partial charge in [0.2, 0.25) is 5.91 Å². The molecule has 1 amide bonds. The molecule has 20 heavy (non-hydrogen) atoms. The number of hydrogen-bond acceptors (Lipinski definition) is 4. The normalized spacial score (nSPS) is 14.3. The van der Waals surface area contributed by atoms with Crippen molar-refractivity contribution in [1.29, 1.82) is 0 Å². The average molecular weight is 290 g/mol. The van der Waals surface area contributed by atoms with Gasteiger partial charge in [-0.3, -0.25) is 4.79 Å². The molecule has 0 saturated heterocycles. The minimum absolute atomic E-state index is 0.212. The van der Waals surface area contributed by atoms with Gasteiger partial charge in [0.1, 0.15) is 5.82 Å². The summed E-state index contributed by atoms with van der Waals surface area (Å²) in [5, 5.41) is 12.5. The van der Waals surface area contributed by atoms with Gasteiger partial charge in [-0.1, -0.05) is 6.92 Å². The summed E-state index contributed by atoms with van der Waals surface area (Å²) in [5.41, 5.74) is 1.25. The Bertz CT molecular complexity index is 590. The fourth-order valence-electron chi connectivity index (χ4n) is 2.54. The van der Waals surface area contributed by atoms with Crippen LogP contribution in [0.5, 0.6) is 0 Å². The van der Waals surface area contributed by atoms with E-state index in [1.807, 2.05) is 4.90 Å². The maximum atomic E-state index is 12.3. The molecular weight excluding hydrogens is 272 g/mol. The third-order valence-electron chi connectivity index (χ3n) is 3.71. The summed E-state index contributed by atoms with van der Waals surface area (Å²) < 4.78 is 2.14. The minimum Gasteiger partial charge on any atom is -0.333 e. The van der Waals surface area contributed by atoms with Gasteiger partial charge >= 0.3 is 0 Å². The van der Waals surface area contributed by atoms with Crippen LogP contribution in [0.4, 0.5) is 0 Å². The number of aryl methyl sites for hydroxylation is 2. The number of thiophene rings is 1. The van der Waals surface area contributed by atoms with E-state index in [4.69, 9.17) is 0 Å². The summed E-state index contributed by atoms with van der Waals surface area (Å²) in [6.07, 6.45) is 2.29. The average Bonchev–Trinajstić information content (AvgIpc) is 3.13. The molecule has 0 atom stereocenters. The van der Waals surface area contributed by atoms with Crippen molar-refractivity contribution in [3.05, 3.63) is 34.0 Å². The van der Waals surface area contributed by atoms with Gasteiger partial charge in [0.05, 0.1) is 6.54 Å². The lowest BCUT2D eigenvalue weighted by atomic mass is 10.1. The first kappa shape index (κ1) is 13.3. The molecule has 3 heterocycles. The molecule has 2 aromatic rings. The molecule has 3 rings (SSSR count). The lowest BCUT2D eigenvalue weighted by Gasteiger charge is -2.27. The van der Waals surface area contributed by atoms with Crippen LogP contribution in [0.2, 0.25) is 0 Å². The van der Waals surface area contributed by atoms with Crippen LogP contribution in [-0.4, -0.2) is 32.1 Å². The molecule has 0 fully saturated rings. The predicted octanol–water partition coefficient (Wildman–Crippen LogP) is 1.88. The number of carbonyl (C=O) groups is 1. The van der Waals surface area contributed by atoms with Crippen LogP contribution >= 0.6 is 11.3 Å². The van der Waals surface area contributed by atoms with Crippen LogP contribution < -0.4 is 0 Å². The highest BCUT2D eigenvalue weighted by Crippen LogP contribution is 2.15. The molecule has 6 heteroatoms. The zero-order valence-electron chi connectivity index (χ0n) is 11.6. The van der Waals surface area contributed by atoms with Gasteiger partial charge in [-0.25, -0.2) is 0 Å². The zero-order chi connectivity index (χ0) is 13.9. The third kappa shape index (κ3) is 2.60. The van der Waals surface area contributed by atoms with Gasteiger partial charge in [-0.2, -0.15) is 11.3 Å². The molecule has 1 aliphatic heterocycles. The summed E-state index contributed by atoms with van der Waals surface area (Å²) >= 11 is 1.68. The molecule has 2 aromatic heterocycles. The Labute approximate surface area is 122 Å². The molecule has 0 aliphatic carbocycles. The van der Waals surface area contributed by atoms with E-state index in [9.17, 15) is 4.79 Å². The fraction of sp³-hybridized carbons (Fsp3) is 0.500.